The summed E-state index contributed by atoms with van der Waals surface area (Å²) in [5.41, 5.74) is 1.59. The number of anilines is 1. The standard InChI is InChI=1S/C19H16Cl2N2O2S2/c1-3-8-26-19-23-15-6-5-13(10-17(15)27-19)22-18(24)11(2)25-16-7-4-12(20)9-14(16)21/h3-7,9-11H,1,8H2,2H3,(H,22,24). The van der Waals surface area contributed by atoms with Crippen molar-refractivity contribution >= 4 is 68.1 Å². The predicted molar refractivity (Wildman–Crippen MR) is 116 cm³/mol. The highest BCUT2D eigenvalue weighted by Gasteiger charge is 2.17. The first kappa shape index (κ1) is 20.0. The van der Waals surface area contributed by atoms with Crippen molar-refractivity contribution < 1.29 is 9.53 Å². The second-order valence-electron chi connectivity index (χ2n) is 5.59. The maximum absolute atomic E-state index is 12.4. The summed E-state index contributed by atoms with van der Waals surface area (Å²) < 4.78 is 7.63. The van der Waals surface area contributed by atoms with Crippen molar-refractivity contribution in [3.05, 3.63) is 59.1 Å². The average Bonchev–Trinajstić information content (AvgIpc) is 3.04. The van der Waals surface area contributed by atoms with E-state index < -0.39 is 6.10 Å². The van der Waals surface area contributed by atoms with Crippen molar-refractivity contribution in [1.29, 1.82) is 0 Å². The number of thiazole rings is 1. The van der Waals surface area contributed by atoms with Gasteiger partial charge in [-0.15, -0.1) is 17.9 Å². The molecule has 1 N–H and O–H groups in total. The molecule has 27 heavy (non-hydrogen) atoms. The number of amides is 1. The fraction of sp³-hybridized carbons (Fsp3) is 0.158. The van der Waals surface area contributed by atoms with Crippen molar-refractivity contribution in [3.63, 3.8) is 0 Å². The Hall–Kier alpha value is -1.73. The number of benzene rings is 2. The topological polar surface area (TPSA) is 51.2 Å². The zero-order valence-electron chi connectivity index (χ0n) is 14.4. The van der Waals surface area contributed by atoms with Gasteiger partial charge in [0.2, 0.25) is 0 Å². The third kappa shape index (κ3) is 5.17. The Morgan fingerprint density at radius 3 is 2.93 bits per heavy atom. The molecule has 0 spiro atoms. The number of thioether (sulfide) groups is 1. The van der Waals surface area contributed by atoms with Crippen LogP contribution in [0.15, 0.2) is 53.4 Å². The number of carbonyl (C=O) groups is 1. The highest BCUT2D eigenvalue weighted by atomic mass is 35.5. The molecule has 140 valence electrons. The monoisotopic (exact) mass is 438 g/mol. The summed E-state index contributed by atoms with van der Waals surface area (Å²) in [6.45, 7) is 5.38. The van der Waals surface area contributed by atoms with E-state index in [1.54, 1.807) is 48.2 Å². The van der Waals surface area contributed by atoms with Crippen molar-refractivity contribution in [3.8, 4) is 5.75 Å². The van der Waals surface area contributed by atoms with Crippen LogP contribution in [0.2, 0.25) is 10.0 Å². The molecule has 1 amide bonds. The summed E-state index contributed by atoms with van der Waals surface area (Å²) in [6.07, 6.45) is 1.12. The Labute approximate surface area is 175 Å². The molecular formula is C19H16Cl2N2O2S2. The molecule has 0 aliphatic carbocycles. The van der Waals surface area contributed by atoms with E-state index in [9.17, 15) is 4.79 Å². The summed E-state index contributed by atoms with van der Waals surface area (Å²) >= 11 is 15.2. The van der Waals surface area contributed by atoms with Gasteiger partial charge in [0.1, 0.15) is 5.75 Å². The zero-order valence-corrected chi connectivity index (χ0v) is 17.5. The number of hydrogen-bond acceptors (Lipinski definition) is 5. The van der Waals surface area contributed by atoms with E-state index in [2.05, 4.69) is 16.9 Å². The van der Waals surface area contributed by atoms with Gasteiger partial charge in [-0.05, 0) is 43.3 Å². The van der Waals surface area contributed by atoms with E-state index in [0.717, 1.165) is 20.3 Å². The second kappa shape index (κ2) is 8.97. The summed E-state index contributed by atoms with van der Waals surface area (Å²) in [7, 11) is 0. The van der Waals surface area contributed by atoms with Crippen LogP contribution in [0.25, 0.3) is 10.2 Å². The molecule has 3 aromatic rings. The number of aromatic nitrogens is 1. The molecule has 0 saturated carbocycles. The number of nitrogens with one attached hydrogen (secondary N) is 1. The molecule has 1 aromatic heterocycles. The molecule has 1 heterocycles. The van der Waals surface area contributed by atoms with E-state index >= 15 is 0 Å². The SMILES string of the molecule is C=CCSc1nc2ccc(NC(=O)C(C)Oc3ccc(Cl)cc3Cl)cc2s1. The van der Waals surface area contributed by atoms with Gasteiger partial charge in [-0.25, -0.2) is 4.98 Å². The number of rotatable bonds is 7. The van der Waals surface area contributed by atoms with E-state index in [1.165, 1.54) is 0 Å². The van der Waals surface area contributed by atoms with Crippen LogP contribution >= 0.6 is 46.3 Å². The van der Waals surface area contributed by atoms with E-state index in [4.69, 9.17) is 27.9 Å². The van der Waals surface area contributed by atoms with Gasteiger partial charge in [0.25, 0.3) is 5.91 Å². The lowest BCUT2D eigenvalue weighted by Crippen LogP contribution is -2.30. The molecule has 2 aromatic carbocycles. The van der Waals surface area contributed by atoms with Crippen LogP contribution in [0.4, 0.5) is 5.69 Å². The summed E-state index contributed by atoms with van der Waals surface area (Å²) in [6, 6.07) is 10.5. The van der Waals surface area contributed by atoms with E-state index in [-0.39, 0.29) is 5.91 Å². The Bertz CT molecular complexity index is 991. The van der Waals surface area contributed by atoms with Crippen molar-refractivity contribution in [2.75, 3.05) is 11.1 Å². The summed E-state index contributed by atoms with van der Waals surface area (Å²) in [4.78, 5) is 17.0. The smallest absolute Gasteiger partial charge is 0.265 e. The molecule has 0 bridgehead atoms. The fourth-order valence-electron chi connectivity index (χ4n) is 2.23. The number of ether oxygens (including phenoxy) is 1. The number of fused-ring (bicyclic) bond motifs is 1. The van der Waals surface area contributed by atoms with Gasteiger partial charge in [-0.1, -0.05) is 41.0 Å². The third-order valence-electron chi connectivity index (χ3n) is 3.53. The third-order valence-corrected chi connectivity index (χ3v) is 6.22. The van der Waals surface area contributed by atoms with Gasteiger partial charge in [-0.2, -0.15) is 0 Å². The average molecular weight is 439 g/mol. The van der Waals surface area contributed by atoms with E-state index in [0.29, 0.717) is 21.5 Å². The Kier molecular flexibility index (Phi) is 6.65. The number of halogens is 2. The molecule has 0 saturated heterocycles. The van der Waals surface area contributed by atoms with E-state index in [1.807, 2.05) is 24.3 Å². The Morgan fingerprint density at radius 2 is 2.19 bits per heavy atom. The normalized spacial score (nSPS) is 12.0. The van der Waals surface area contributed by atoms with Crippen LogP contribution in [0.1, 0.15) is 6.92 Å². The van der Waals surface area contributed by atoms with Crippen LogP contribution in [0.5, 0.6) is 5.75 Å². The molecule has 1 atom stereocenters. The lowest BCUT2D eigenvalue weighted by molar-refractivity contribution is -0.122. The lowest BCUT2D eigenvalue weighted by atomic mass is 10.2. The molecule has 1 unspecified atom stereocenters. The summed E-state index contributed by atoms with van der Waals surface area (Å²) in [5, 5.41) is 3.73. The first-order valence-electron chi connectivity index (χ1n) is 8.03. The minimum atomic E-state index is -0.723. The number of carbonyl (C=O) groups excluding carboxylic acids is 1. The Balaban J connectivity index is 1.68. The minimum absolute atomic E-state index is 0.272. The maximum atomic E-state index is 12.4. The van der Waals surface area contributed by atoms with Crippen molar-refractivity contribution in [1.82, 2.24) is 4.98 Å². The lowest BCUT2D eigenvalue weighted by Gasteiger charge is -2.15. The highest BCUT2D eigenvalue weighted by Crippen LogP contribution is 2.32. The van der Waals surface area contributed by atoms with Crippen LogP contribution < -0.4 is 10.1 Å². The fourth-order valence-corrected chi connectivity index (χ4v) is 4.55. The predicted octanol–water partition coefficient (Wildman–Crippen LogP) is 6.29. The second-order valence-corrected chi connectivity index (χ2v) is 8.73. The molecule has 0 aliphatic heterocycles. The van der Waals surface area contributed by atoms with Crippen molar-refractivity contribution in [2.45, 2.75) is 17.4 Å². The minimum Gasteiger partial charge on any atom is -0.479 e. The van der Waals surface area contributed by atoms with Gasteiger partial charge in [0.05, 0.1) is 15.2 Å². The van der Waals surface area contributed by atoms with Crippen LogP contribution in [-0.4, -0.2) is 22.7 Å². The number of hydrogen-bond donors (Lipinski definition) is 1. The molecule has 0 aliphatic rings. The number of nitrogens with zero attached hydrogens (tertiary/aromatic N) is 1. The highest BCUT2D eigenvalue weighted by molar-refractivity contribution is 8.01. The summed E-state index contributed by atoms with van der Waals surface area (Å²) in [5.74, 6) is 0.947. The first-order chi connectivity index (χ1) is 13.0. The first-order valence-corrected chi connectivity index (χ1v) is 10.6. The molecule has 8 heteroatoms. The molecular weight excluding hydrogens is 423 g/mol. The Morgan fingerprint density at radius 1 is 1.37 bits per heavy atom. The molecule has 0 fully saturated rings. The van der Waals surface area contributed by atoms with Gasteiger partial charge in [0.15, 0.2) is 10.4 Å². The molecule has 0 radical (unpaired) electrons. The molecule has 4 nitrogen and oxygen atoms in total. The molecule has 3 rings (SSSR count). The maximum Gasteiger partial charge on any atom is 0.265 e. The van der Waals surface area contributed by atoms with Crippen LogP contribution in [-0.2, 0) is 4.79 Å². The van der Waals surface area contributed by atoms with Crippen molar-refractivity contribution in [2.24, 2.45) is 0 Å². The van der Waals surface area contributed by atoms with Crippen LogP contribution in [0, 0.1) is 0 Å². The van der Waals surface area contributed by atoms with Crippen LogP contribution in [0.3, 0.4) is 0 Å². The zero-order chi connectivity index (χ0) is 19.4. The van der Waals surface area contributed by atoms with Gasteiger partial charge < -0.3 is 10.1 Å². The van der Waals surface area contributed by atoms with Gasteiger partial charge in [-0.3, -0.25) is 4.79 Å². The quantitative estimate of drug-likeness (QED) is 0.347. The largest absolute Gasteiger partial charge is 0.479 e. The van der Waals surface area contributed by atoms with Gasteiger partial charge >= 0.3 is 0 Å². The van der Waals surface area contributed by atoms with Gasteiger partial charge in [0, 0.05) is 16.5 Å².